The van der Waals surface area contributed by atoms with Crippen molar-refractivity contribution in [1.29, 1.82) is 0 Å². The molecule has 0 radical (unpaired) electrons. The Balaban J connectivity index is 1.70. The highest BCUT2D eigenvalue weighted by molar-refractivity contribution is 9.10. The number of rotatable bonds is 1. The Morgan fingerprint density at radius 1 is 1.12 bits per heavy atom. The van der Waals surface area contributed by atoms with Gasteiger partial charge in [0.25, 0.3) is 0 Å². The van der Waals surface area contributed by atoms with Gasteiger partial charge < -0.3 is 14.1 Å². The molecule has 4 nitrogen and oxygen atoms in total. The lowest BCUT2D eigenvalue weighted by Crippen LogP contribution is -2.32. The second-order valence-electron chi connectivity index (χ2n) is 6.69. The van der Waals surface area contributed by atoms with Gasteiger partial charge in [-0.15, -0.1) is 0 Å². The molecule has 5 rings (SSSR count). The number of hydrogen-bond donors (Lipinski definition) is 0. The van der Waals surface area contributed by atoms with Gasteiger partial charge in [-0.25, -0.2) is 4.79 Å². The molecule has 2 aromatic carbocycles. The van der Waals surface area contributed by atoms with Crippen LogP contribution in [0.2, 0.25) is 5.02 Å². The summed E-state index contributed by atoms with van der Waals surface area (Å²) in [6.45, 7) is 0.967. The first-order valence-corrected chi connectivity index (χ1v) is 9.72. The molecule has 0 fully saturated rings. The van der Waals surface area contributed by atoms with E-state index in [9.17, 15) is 4.79 Å². The van der Waals surface area contributed by atoms with Gasteiger partial charge in [-0.2, -0.15) is 0 Å². The lowest BCUT2D eigenvalue weighted by Gasteiger charge is -2.31. The third-order valence-electron chi connectivity index (χ3n) is 5.15. The molecular weight excluding hydrogens is 418 g/mol. The van der Waals surface area contributed by atoms with Gasteiger partial charge in [0.2, 0.25) is 0 Å². The fourth-order valence-electron chi connectivity index (χ4n) is 3.95. The lowest BCUT2D eigenvalue weighted by molar-refractivity contribution is 0.289. The SMILES string of the molecule is O=c1oc2c3c(c(Cl)cc2c2c1CCC2)OCN(c1cccc(Br)c1)C3. The predicted molar refractivity (Wildman–Crippen MR) is 105 cm³/mol. The van der Waals surface area contributed by atoms with E-state index in [1.165, 1.54) is 0 Å². The second-order valence-corrected chi connectivity index (χ2v) is 8.02. The highest BCUT2D eigenvalue weighted by atomic mass is 79.9. The van der Waals surface area contributed by atoms with Crippen molar-refractivity contribution in [3.05, 3.63) is 66.9 Å². The Kier molecular flexibility index (Phi) is 3.76. The molecule has 1 aliphatic heterocycles. The van der Waals surface area contributed by atoms with Gasteiger partial charge in [0, 0.05) is 21.1 Å². The van der Waals surface area contributed by atoms with E-state index >= 15 is 0 Å². The van der Waals surface area contributed by atoms with E-state index in [0.717, 1.165) is 51.5 Å². The first-order chi connectivity index (χ1) is 12.6. The minimum atomic E-state index is -0.228. The van der Waals surface area contributed by atoms with Gasteiger partial charge >= 0.3 is 5.63 Å². The first-order valence-electron chi connectivity index (χ1n) is 8.55. The van der Waals surface area contributed by atoms with Gasteiger partial charge in [-0.3, -0.25) is 0 Å². The van der Waals surface area contributed by atoms with Gasteiger partial charge in [0.05, 0.1) is 17.1 Å². The zero-order valence-corrected chi connectivity index (χ0v) is 16.2. The summed E-state index contributed by atoms with van der Waals surface area (Å²) in [6, 6.07) is 9.92. The molecule has 132 valence electrons. The molecule has 0 N–H and O–H groups in total. The molecule has 6 heteroatoms. The van der Waals surface area contributed by atoms with Gasteiger partial charge in [-0.05, 0) is 49.1 Å². The minimum absolute atomic E-state index is 0.228. The zero-order valence-electron chi connectivity index (χ0n) is 13.9. The van der Waals surface area contributed by atoms with E-state index in [-0.39, 0.29) is 5.63 Å². The van der Waals surface area contributed by atoms with Crippen molar-refractivity contribution in [2.24, 2.45) is 0 Å². The Bertz CT molecular complexity index is 1110. The fraction of sp³-hybridized carbons (Fsp3) is 0.250. The number of anilines is 1. The van der Waals surface area contributed by atoms with Crippen molar-refractivity contribution in [3.8, 4) is 5.75 Å². The van der Waals surface area contributed by atoms with E-state index in [1.54, 1.807) is 0 Å². The van der Waals surface area contributed by atoms with Crippen molar-refractivity contribution in [3.63, 3.8) is 0 Å². The molecule has 0 saturated heterocycles. The summed E-state index contributed by atoms with van der Waals surface area (Å²) in [5, 5.41) is 1.52. The third-order valence-corrected chi connectivity index (χ3v) is 5.93. The maximum Gasteiger partial charge on any atom is 0.339 e. The van der Waals surface area contributed by atoms with Gasteiger partial charge in [0.15, 0.2) is 6.73 Å². The lowest BCUT2D eigenvalue weighted by atomic mass is 10.0. The normalized spacial score (nSPS) is 15.7. The van der Waals surface area contributed by atoms with E-state index in [2.05, 4.69) is 20.8 Å². The summed E-state index contributed by atoms with van der Waals surface area (Å²) in [7, 11) is 0. The van der Waals surface area contributed by atoms with Crippen molar-refractivity contribution >= 4 is 44.2 Å². The molecule has 2 heterocycles. The topological polar surface area (TPSA) is 42.7 Å². The van der Waals surface area contributed by atoms with E-state index < -0.39 is 0 Å². The van der Waals surface area contributed by atoms with E-state index in [0.29, 0.717) is 29.6 Å². The summed E-state index contributed by atoms with van der Waals surface area (Å²) in [5.74, 6) is 0.617. The van der Waals surface area contributed by atoms with Crippen molar-refractivity contribution in [1.82, 2.24) is 0 Å². The standard InChI is InChI=1S/C20H15BrClNO3/c21-11-3-1-4-12(7-11)23-9-16-18-15(8-17(22)19(16)25-10-23)13-5-2-6-14(13)20(24)26-18/h1,3-4,7-8H,2,5-6,9-10H2. The van der Waals surface area contributed by atoms with Crippen LogP contribution in [0.3, 0.4) is 0 Å². The van der Waals surface area contributed by atoms with Crippen molar-refractivity contribution < 1.29 is 9.15 Å². The minimum Gasteiger partial charge on any atom is -0.471 e. The quantitative estimate of drug-likeness (QED) is 0.504. The molecule has 0 amide bonds. The molecule has 3 aromatic rings. The highest BCUT2D eigenvalue weighted by Crippen LogP contribution is 2.41. The molecule has 0 saturated carbocycles. The Morgan fingerprint density at radius 2 is 1.96 bits per heavy atom. The van der Waals surface area contributed by atoms with Crippen LogP contribution in [0.15, 0.2) is 44.0 Å². The summed E-state index contributed by atoms with van der Waals surface area (Å²) in [6.07, 6.45) is 2.65. The number of benzene rings is 2. The van der Waals surface area contributed by atoms with Gasteiger partial charge in [0.1, 0.15) is 11.3 Å². The molecule has 0 atom stereocenters. The zero-order chi connectivity index (χ0) is 17.8. The highest BCUT2D eigenvalue weighted by Gasteiger charge is 2.28. The molecule has 0 spiro atoms. The van der Waals surface area contributed by atoms with Crippen LogP contribution in [0.1, 0.15) is 23.1 Å². The average molecular weight is 433 g/mol. The van der Waals surface area contributed by atoms with Crippen LogP contribution in [0.4, 0.5) is 5.69 Å². The van der Waals surface area contributed by atoms with Crippen LogP contribution in [-0.2, 0) is 19.4 Å². The monoisotopic (exact) mass is 431 g/mol. The molecule has 26 heavy (non-hydrogen) atoms. The first kappa shape index (κ1) is 16.2. The average Bonchev–Trinajstić information content (AvgIpc) is 3.13. The van der Waals surface area contributed by atoms with Crippen LogP contribution >= 0.6 is 27.5 Å². The predicted octanol–water partition coefficient (Wildman–Crippen LogP) is 5.05. The van der Waals surface area contributed by atoms with Crippen molar-refractivity contribution in [2.45, 2.75) is 25.8 Å². The number of ether oxygens (including phenoxy) is 1. The fourth-order valence-corrected chi connectivity index (χ4v) is 4.61. The number of halogens is 2. The second kappa shape index (κ2) is 6.03. The maximum absolute atomic E-state index is 12.4. The Labute approximate surface area is 163 Å². The largest absolute Gasteiger partial charge is 0.471 e. The Hall–Kier alpha value is -1.98. The smallest absolute Gasteiger partial charge is 0.339 e. The molecule has 0 unspecified atom stereocenters. The summed E-state index contributed by atoms with van der Waals surface area (Å²) in [4.78, 5) is 14.5. The third kappa shape index (κ3) is 2.45. The number of fused-ring (bicyclic) bond motifs is 5. The molecular formula is C20H15BrClNO3. The van der Waals surface area contributed by atoms with Crippen LogP contribution in [0.25, 0.3) is 11.0 Å². The van der Waals surface area contributed by atoms with Crippen LogP contribution < -0.4 is 15.3 Å². The van der Waals surface area contributed by atoms with Crippen molar-refractivity contribution in [2.75, 3.05) is 11.6 Å². The van der Waals surface area contributed by atoms with E-state index in [1.807, 2.05) is 30.3 Å². The number of hydrogen-bond acceptors (Lipinski definition) is 4. The van der Waals surface area contributed by atoms with Crippen LogP contribution in [0, 0.1) is 0 Å². The summed E-state index contributed by atoms with van der Waals surface area (Å²) >= 11 is 10.0. The summed E-state index contributed by atoms with van der Waals surface area (Å²) in [5.41, 5.74) is 4.13. The summed E-state index contributed by atoms with van der Waals surface area (Å²) < 4.78 is 12.7. The number of aryl methyl sites for hydroxylation is 1. The van der Waals surface area contributed by atoms with E-state index in [4.69, 9.17) is 20.8 Å². The maximum atomic E-state index is 12.4. The van der Waals surface area contributed by atoms with Crippen LogP contribution in [0.5, 0.6) is 5.75 Å². The number of nitrogens with zero attached hydrogens (tertiary/aromatic N) is 1. The molecule has 1 aliphatic carbocycles. The van der Waals surface area contributed by atoms with Crippen LogP contribution in [-0.4, -0.2) is 6.73 Å². The molecule has 0 bridgehead atoms. The van der Waals surface area contributed by atoms with Gasteiger partial charge in [-0.1, -0.05) is 33.6 Å². The molecule has 1 aromatic heterocycles. The Morgan fingerprint density at radius 3 is 2.81 bits per heavy atom. The molecule has 2 aliphatic rings.